The predicted octanol–water partition coefficient (Wildman–Crippen LogP) is 4.70. The van der Waals surface area contributed by atoms with Crippen molar-refractivity contribution >= 4 is 22.2 Å². The van der Waals surface area contributed by atoms with E-state index in [1.165, 1.54) is 11.3 Å². The molecule has 0 saturated heterocycles. The number of rotatable bonds is 5. The van der Waals surface area contributed by atoms with Crippen LogP contribution in [-0.2, 0) is 0 Å². The zero-order chi connectivity index (χ0) is 17.2. The highest BCUT2D eigenvalue weighted by Gasteiger charge is 2.29. The largest absolute Gasteiger partial charge is 0.354 e. The lowest BCUT2D eigenvalue weighted by molar-refractivity contribution is -0.481. The summed E-state index contributed by atoms with van der Waals surface area (Å²) in [6.45, 7) is -0.185. The third-order valence-electron chi connectivity index (χ3n) is 4.24. The van der Waals surface area contributed by atoms with Crippen LogP contribution in [0.5, 0.6) is 0 Å². The van der Waals surface area contributed by atoms with Gasteiger partial charge in [0.2, 0.25) is 6.54 Å². The Morgan fingerprint density at radius 2 is 1.88 bits per heavy atom. The van der Waals surface area contributed by atoms with Crippen LogP contribution in [0.4, 0.5) is 0 Å². The van der Waals surface area contributed by atoms with Crippen LogP contribution < -0.4 is 0 Å². The van der Waals surface area contributed by atoms with E-state index in [-0.39, 0.29) is 17.4 Å². The summed E-state index contributed by atoms with van der Waals surface area (Å²) in [4.78, 5) is 18.9. The minimum absolute atomic E-state index is 0.185. The third-order valence-corrected chi connectivity index (χ3v) is 5.13. The summed E-state index contributed by atoms with van der Waals surface area (Å²) in [6, 6.07) is 17.8. The van der Waals surface area contributed by atoms with Crippen LogP contribution in [0.1, 0.15) is 16.5 Å². The van der Waals surface area contributed by atoms with Crippen LogP contribution in [0.15, 0.2) is 66.2 Å². The van der Waals surface area contributed by atoms with Gasteiger partial charge in [-0.15, -0.1) is 11.3 Å². The molecule has 1 atom stereocenters. The van der Waals surface area contributed by atoms with Crippen molar-refractivity contribution in [3.63, 3.8) is 0 Å². The Labute approximate surface area is 148 Å². The van der Waals surface area contributed by atoms with Crippen LogP contribution >= 0.6 is 11.3 Å². The molecule has 0 bridgehead atoms. The summed E-state index contributed by atoms with van der Waals surface area (Å²) in [5.74, 6) is -0.388. The molecule has 6 heteroatoms. The SMILES string of the molecule is O=[N+]([O-])CC(c1nccs1)c1c(-c2ccccc2)[nH]c2ccccc12. The van der Waals surface area contributed by atoms with Gasteiger partial charge in [0.05, 0.1) is 5.69 Å². The second kappa shape index (κ2) is 6.49. The Morgan fingerprint density at radius 1 is 1.12 bits per heavy atom. The summed E-state index contributed by atoms with van der Waals surface area (Å²) in [7, 11) is 0. The van der Waals surface area contributed by atoms with Gasteiger partial charge in [-0.3, -0.25) is 10.1 Å². The first kappa shape index (κ1) is 15.5. The standard InChI is InChI=1S/C19H15N3O2S/c23-22(24)12-15(19-20-10-11-25-19)17-14-8-4-5-9-16(14)21-18(17)13-6-2-1-3-7-13/h1-11,15,21H,12H2. The van der Waals surface area contributed by atoms with E-state index in [1.807, 2.05) is 60.0 Å². The lowest BCUT2D eigenvalue weighted by Gasteiger charge is -2.13. The van der Waals surface area contributed by atoms with Crippen LogP contribution in [0.3, 0.4) is 0 Å². The second-order valence-electron chi connectivity index (χ2n) is 5.76. The molecule has 1 N–H and O–H groups in total. The van der Waals surface area contributed by atoms with Gasteiger partial charge >= 0.3 is 0 Å². The third kappa shape index (κ3) is 2.92. The molecule has 0 saturated carbocycles. The van der Waals surface area contributed by atoms with Crippen LogP contribution in [-0.4, -0.2) is 21.4 Å². The molecule has 0 aliphatic rings. The molecular weight excluding hydrogens is 334 g/mol. The summed E-state index contributed by atoms with van der Waals surface area (Å²) in [5, 5.41) is 15.0. The zero-order valence-electron chi connectivity index (χ0n) is 13.3. The normalized spacial score (nSPS) is 12.3. The van der Waals surface area contributed by atoms with Crippen molar-refractivity contribution in [2.24, 2.45) is 0 Å². The Bertz CT molecular complexity index is 1010. The van der Waals surface area contributed by atoms with Crippen molar-refractivity contribution in [1.82, 2.24) is 9.97 Å². The Hall–Kier alpha value is -2.99. The van der Waals surface area contributed by atoms with Gasteiger partial charge in [0.25, 0.3) is 0 Å². The van der Waals surface area contributed by atoms with Gasteiger partial charge in [-0.2, -0.15) is 0 Å². The fourth-order valence-electron chi connectivity index (χ4n) is 3.21. The molecule has 0 fully saturated rings. The van der Waals surface area contributed by atoms with Gasteiger partial charge in [-0.25, -0.2) is 4.98 Å². The van der Waals surface area contributed by atoms with E-state index in [9.17, 15) is 10.1 Å². The molecule has 124 valence electrons. The van der Waals surface area contributed by atoms with Gasteiger partial charge in [0.15, 0.2) is 0 Å². The first-order valence-electron chi connectivity index (χ1n) is 7.91. The minimum Gasteiger partial charge on any atom is -0.354 e. The maximum absolute atomic E-state index is 11.4. The van der Waals surface area contributed by atoms with Gasteiger partial charge in [0.1, 0.15) is 10.9 Å². The molecule has 0 amide bonds. The highest BCUT2D eigenvalue weighted by Crippen LogP contribution is 2.39. The van der Waals surface area contributed by atoms with Gasteiger partial charge in [-0.05, 0) is 11.6 Å². The maximum atomic E-state index is 11.4. The summed E-state index contributed by atoms with van der Waals surface area (Å²) < 4.78 is 0. The first-order chi connectivity index (χ1) is 12.2. The number of thiazole rings is 1. The van der Waals surface area contributed by atoms with Gasteiger partial charge in [0, 0.05) is 33.0 Å². The van der Waals surface area contributed by atoms with Gasteiger partial charge in [-0.1, -0.05) is 48.5 Å². The fourth-order valence-corrected chi connectivity index (χ4v) is 3.95. The number of fused-ring (bicyclic) bond motifs is 1. The highest BCUT2D eigenvalue weighted by atomic mass is 32.1. The number of hydrogen-bond donors (Lipinski definition) is 1. The molecule has 0 aliphatic carbocycles. The van der Waals surface area contributed by atoms with Crippen molar-refractivity contribution < 1.29 is 4.92 Å². The summed E-state index contributed by atoms with van der Waals surface area (Å²) in [6.07, 6.45) is 1.70. The van der Waals surface area contributed by atoms with Crippen molar-refractivity contribution in [2.75, 3.05) is 6.54 Å². The molecule has 25 heavy (non-hydrogen) atoms. The van der Waals surface area contributed by atoms with Crippen LogP contribution in [0, 0.1) is 10.1 Å². The topological polar surface area (TPSA) is 71.8 Å². The number of para-hydroxylation sites is 1. The van der Waals surface area contributed by atoms with Gasteiger partial charge < -0.3 is 4.98 Å². The monoisotopic (exact) mass is 349 g/mol. The van der Waals surface area contributed by atoms with E-state index in [4.69, 9.17) is 0 Å². The number of nitro groups is 1. The van der Waals surface area contributed by atoms with E-state index in [0.717, 1.165) is 32.7 Å². The molecular formula is C19H15N3O2S. The van der Waals surface area contributed by atoms with E-state index in [0.29, 0.717) is 0 Å². The Balaban J connectivity index is 1.99. The molecule has 0 aliphatic heterocycles. The van der Waals surface area contributed by atoms with Crippen molar-refractivity contribution in [3.8, 4) is 11.3 Å². The quantitative estimate of drug-likeness (QED) is 0.419. The number of aromatic amines is 1. The molecule has 2 heterocycles. The van der Waals surface area contributed by atoms with E-state index in [1.54, 1.807) is 6.20 Å². The molecule has 2 aromatic heterocycles. The number of hydrogen-bond acceptors (Lipinski definition) is 4. The first-order valence-corrected chi connectivity index (χ1v) is 8.79. The predicted molar refractivity (Wildman–Crippen MR) is 99.6 cm³/mol. The highest BCUT2D eigenvalue weighted by molar-refractivity contribution is 7.09. The summed E-state index contributed by atoms with van der Waals surface area (Å²) in [5.41, 5.74) is 3.84. The zero-order valence-corrected chi connectivity index (χ0v) is 14.1. The number of nitrogens with zero attached hydrogens (tertiary/aromatic N) is 2. The number of H-pyrrole nitrogens is 1. The molecule has 0 radical (unpaired) electrons. The van der Waals surface area contributed by atoms with Crippen molar-refractivity contribution in [2.45, 2.75) is 5.92 Å². The smallest absolute Gasteiger partial charge is 0.217 e. The van der Waals surface area contributed by atoms with E-state index < -0.39 is 0 Å². The van der Waals surface area contributed by atoms with E-state index in [2.05, 4.69) is 9.97 Å². The average molecular weight is 349 g/mol. The lowest BCUT2D eigenvalue weighted by Crippen LogP contribution is -2.14. The Kier molecular flexibility index (Phi) is 4.03. The maximum Gasteiger partial charge on any atom is 0.217 e. The minimum atomic E-state index is -0.388. The molecule has 2 aromatic carbocycles. The molecule has 5 nitrogen and oxygen atoms in total. The van der Waals surface area contributed by atoms with Crippen LogP contribution in [0.2, 0.25) is 0 Å². The molecule has 4 aromatic rings. The number of benzene rings is 2. The van der Waals surface area contributed by atoms with Crippen molar-refractivity contribution in [3.05, 3.63) is 86.9 Å². The fraction of sp³-hybridized carbons (Fsp3) is 0.105. The second-order valence-corrected chi connectivity index (χ2v) is 6.69. The van der Waals surface area contributed by atoms with Crippen molar-refractivity contribution in [1.29, 1.82) is 0 Å². The lowest BCUT2D eigenvalue weighted by atomic mass is 9.93. The Morgan fingerprint density at radius 3 is 2.60 bits per heavy atom. The average Bonchev–Trinajstić information content (AvgIpc) is 3.28. The molecule has 4 rings (SSSR count). The van der Waals surface area contributed by atoms with E-state index >= 15 is 0 Å². The molecule has 0 spiro atoms. The summed E-state index contributed by atoms with van der Waals surface area (Å²) >= 11 is 1.45. The number of aromatic nitrogens is 2. The molecule has 1 unspecified atom stereocenters. The van der Waals surface area contributed by atoms with Crippen LogP contribution in [0.25, 0.3) is 22.2 Å². The number of nitrogens with one attached hydrogen (secondary N) is 1.